The number of Topliss-reactive ketones (excluding diaryl/α,β-unsaturated/α-hetero) is 1. The lowest BCUT2D eigenvalue weighted by Gasteiger charge is -2.14. The van der Waals surface area contributed by atoms with Gasteiger partial charge in [0.2, 0.25) is 0 Å². The number of aromatic nitrogens is 2. The molecule has 0 aromatic carbocycles. The molecule has 0 radical (unpaired) electrons. The zero-order valence-electron chi connectivity index (χ0n) is 10.9. The van der Waals surface area contributed by atoms with Crippen molar-refractivity contribution in [3.05, 3.63) is 28.0 Å². The molecule has 1 aliphatic carbocycles. The molecule has 0 amide bonds. The van der Waals surface area contributed by atoms with E-state index < -0.39 is 0 Å². The van der Waals surface area contributed by atoms with Crippen molar-refractivity contribution in [1.29, 1.82) is 0 Å². The number of hydrogen-bond acceptors (Lipinski definition) is 2. The minimum atomic E-state index is 0.168. The maximum Gasteiger partial charge on any atom is 0.186 e. The zero-order valence-corrected chi connectivity index (χ0v) is 12.5. The summed E-state index contributed by atoms with van der Waals surface area (Å²) in [6.45, 7) is 4.08. The maximum atomic E-state index is 12.4. The van der Waals surface area contributed by atoms with Crippen molar-refractivity contribution in [3.8, 4) is 0 Å². The number of halogens is 1. The average molecular weight is 311 g/mol. The van der Waals surface area contributed by atoms with E-state index in [1.165, 1.54) is 18.4 Å². The monoisotopic (exact) mass is 310 g/mol. The molecule has 4 heteroatoms. The number of carbonyl (C=O) groups is 1. The van der Waals surface area contributed by atoms with Crippen LogP contribution in [0.2, 0.25) is 0 Å². The molecule has 0 spiro atoms. The number of rotatable bonds is 4. The SMILES string of the molecule is CC(C)n1ncc(Br)c1C(=O)CC1=CCCCC1. The van der Waals surface area contributed by atoms with Crippen LogP contribution in [0, 0.1) is 0 Å². The van der Waals surface area contributed by atoms with Crippen molar-refractivity contribution in [3.63, 3.8) is 0 Å². The fourth-order valence-corrected chi connectivity index (χ4v) is 2.84. The molecule has 0 atom stereocenters. The average Bonchev–Trinajstić information content (AvgIpc) is 2.72. The first-order chi connectivity index (χ1) is 8.59. The normalized spacial score (nSPS) is 15.9. The Bertz CT molecular complexity index is 474. The Morgan fingerprint density at radius 1 is 1.50 bits per heavy atom. The molecule has 1 heterocycles. The van der Waals surface area contributed by atoms with E-state index in [0.717, 1.165) is 17.3 Å². The highest BCUT2D eigenvalue weighted by Crippen LogP contribution is 2.25. The van der Waals surface area contributed by atoms with E-state index in [0.29, 0.717) is 12.1 Å². The van der Waals surface area contributed by atoms with Crippen molar-refractivity contribution in [2.24, 2.45) is 0 Å². The Morgan fingerprint density at radius 3 is 2.89 bits per heavy atom. The minimum absolute atomic E-state index is 0.168. The number of carbonyl (C=O) groups excluding carboxylic acids is 1. The van der Waals surface area contributed by atoms with Crippen LogP contribution in [-0.4, -0.2) is 15.6 Å². The van der Waals surface area contributed by atoms with Crippen LogP contribution in [0.1, 0.15) is 62.5 Å². The quantitative estimate of drug-likeness (QED) is 0.614. The Morgan fingerprint density at radius 2 is 2.28 bits per heavy atom. The van der Waals surface area contributed by atoms with Gasteiger partial charge in [0.05, 0.1) is 10.7 Å². The molecular formula is C14H19BrN2O. The number of allylic oxidation sites excluding steroid dienone is 2. The van der Waals surface area contributed by atoms with Crippen LogP contribution < -0.4 is 0 Å². The molecule has 0 bridgehead atoms. The molecule has 1 aromatic heterocycles. The van der Waals surface area contributed by atoms with Gasteiger partial charge in [-0.15, -0.1) is 0 Å². The van der Waals surface area contributed by atoms with Gasteiger partial charge >= 0.3 is 0 Å². The molecule has 0 aliphatic heterocycles. The molecule has 98 valence electrons. The van der Waals surface area contributed by atoms with E-state index in [-0.39, 0.29) is 11.8 Å². The van der Waals surface area contributed by atoms with Crippen molar-refractivity contribution in [2.75, 3.05) is 0 Å². The van der Waals surface area contributed by atoms with Crippen LogP contribution >= 0.6 is 15.9 Å². The van der Waals surface area contributed by atoms with Crippen molar-refractivity contribution in [2.45, 2.75) is 52.0 Å². The van der Waals surface area contributed by atoms with E-state index in [1.54, 1.807) is 10.9 Å². The maximum absolute atomic E-state index is 12.4. The van der Waals surface area contributed by atoms with Gasteiger partial charge in [-0.2, -0.15) is 5.10 Å². The fraction of sp³-hybridized carbons (Fsp3) is 0.571. The lowest BCUT2D eigenvalue weighted by atomic mass is 9.95. The zero-order chi connectivity index (χ0) is 13.1. The van der Waals surface area contributed by atoms with Crippen LogP contribution in [0.15, 0.2) is 22.3 Å². The van der Waals surface area contributed by atoms with Crippen LogP contribution in [0.4, 0.5) is 0 Å². The van der Waals surface area contributed by atoms with Gasteiger partial charge in [-0.1, -0.05) is 11.6 Å². The van der Waals surface area contributed by atoms with Gasteiger partial charge in [0.25, 0.3) is 0 Å². The van der Waals surface area contributed by atoms with E-state index in [4.69, 9.17) is 0 Å². The standard InChI is InChI=1S/C14H19BrN2O/c1-10(2)17-14(12(15)9-16-17)13(18)8-11-6-4-3-5-7-11/h6,9-10H,3-5,7-8H2,1-2H3. The summed E-state index contributed by atoms with van der Waals surface area (Å²) in [5.41, 5.74) is 1.99. The van der Waals surface area contributed by atoms with Crippen molar-refractivity contribution in [1.82, 2.24) is 9.78 Å². The van der Waals surface area contributed by atoms with Gasteiger partial charge in [-0.25, -0.2) is 0 Å². The second kappa shape index (κ2) is 5.83. The predicted octanol–water partition coefficient (Wildman–Crippen LogP) is 4.30. The second-order valence-electron chi connectivity index (χ2n) is 5.09. The first-order valence-corrected chi connectivity index (χ1v) is 7.33. The molecular weight excluding hydrogens is 292 g/mol. The molecule has 3 nitrogen and oxygen atoms in total. The summed E-state index contributed by atoms with van der Waals surface area (Å²) in [5.74, 6) is 0.168. The summed E-state index contributed by atoms with van der Waals surface area (Å²) in [5, 5.41) is 4.26. The summed E-state index contributed by atoms with van der Waals surface area (Å²) in [4.78, 5) is 12.4. The Labute approximate surface area is 116 Å². The van der Waals surface area contributed by atoms with E-state index in [1.807, 2.05) is 13.8 Å². The Kier molecular flexibility index (Phi) is 4.38. The molecule has 0 saturated heterocycles. The van der Waals surface area contributed by atoms with Gasteiger partial charge in [0.1, 0.15) is 5.69 Å². The highest BCUT2D eigenvalue weighted by molar-refractivity contribution is 9.10. The lowest BCUT2D eigenvalue weighted by Crippen LogP contribution is -2.14. The minimum Gasteiger partial charge on any atom is -0.292 e. The largest absolute Gasteiger partial charge is 0.292 e. The van der Waals surface area contributed by atoms with E-state index in [2.05, 4.69) is 27.1 Å². The highest BCUT2D eigenvalue weighted by Gasteiger charge is 2.20. The summed E-state index contributed by atoms with van der Waals surface area (Å²) < 4.78 is 2.60. The van der Waals surface area contributed by atoms with Gasteiger partial charge in [-0.3, -0.25) is 9.48 Å². The van der Waals surface area contributed by atoms with Gasteiger partial charge in [0, 0.05) is 12.5 Å². The Balaban J connectivity index is 2.18. The molecule has 0 fully saturated rings. The lowest BCUT2D eigenvalue weighted by molar-refractivity contribution is 0.0978. The second-order valence-corrected chi connectivity index (χ2v) is 5.94. The third-order valence-corrected chi connectivity index (χ3v) is 3.86. The smallest absolute Gasteiger partial charge is 0.186 e. The van der Waals surface area contributed by atoms with Gasteiger partial charge < -0.3 is 0 Å². The van der Waals surface area contributed by atoms with Crippen LogP contribution in [-0.2, 0) is 0 Å². The number of hydrogen-bond donors (Lipinski definition) is 0. The summed E-state index contributed by atoms with van der Waals surface area (Å²) in [6, 6.07) is 0.204. The van der Waals surface area contributed by atoms with Crippen molar-refractivity contribution < 1.29 is 4.79 Å². The topological polar surface area (TPSA) is 34.9 Å². The third kappa shape index (κ3) is 2.91. The summed E-state index contributed by atoms with van der Waals surface area (Å²) in [6.07, 6.45) is 9.13. The first kappa shape index (κ1) is 13.5. The van der Waals surface area contributed by atoms with E-state index >= 15 is 0 Å². The summed E-state index contributed by atoms with van der Waals surface area (Å²) >= 11 is 3.43. The predicted molar refractivity (Wildman–Crippen MR) is 75.8 cm³/mol. The van der Waals surface area contributed by atoms with E-state index in [9.17, 15) is 4.79 Å². The number of ketones is 1. The van der Waals surface area contributed by atoms with Gasteiger partial charge in [-0.05, 0) is 55.5 Å². The third-order valence-electron chi connectivity index (χ3n) is 3.28. The van der Waals surface area contributed by atoms with Crippen molar-refractivity contribution >= 4 is 21.7 Å². The summed E-state index contributed by atoms with van der Waals surface area (Å²) in [7, 11) is 0. The number of nitrogens with zero attached hydrogens (tertiary/aromatic N) is 2. The fourth-order valence-electron chi connectivity index (χ4n) is 2.35. The molecule has 0 saturated carbocycles. The molecule has 1 aromatic rings. The molecule has 2 rings (SSSR count). The van der Waals surface area contributed by atoms with Gasteiger partial charge in [0.15, 0.2) is 5.78 Å². The molecule has 0 N–H and O–H groups in total. The molecule has 1 aliphatic rings. The van der Waals surface area contributed by atoms with Crippen LogP contribution in [0.5, 0.6) is 0 Å². The Hall–Kier alpha value is -0.900. The molecule has 0 unspecified atom stereocenters. The first-order valence-electron chi connectivity index (χ1n) is 6.53. The highest BCUT2D eigenvalue weighted by atomic mass is 79.9. The van der Waals surface area contributed by atoms with Crippen LogP contribution in [0.3, 0.4) is 0 Å². The molecule has 18 heavy (non-hydrogen) atoms. The van der Waals surface area contributed by atoms with Crippen LogP contribution in [0.25, 0.3) is 0 Å².